The number of nitrogens with one attached hydrogen (secondary N) is 1. The number of imidazole rings is 1. The van der Waals surface area contributed by atoms with E-state index in [2.05, 4.69) is 14.9 Å². The Bertz CT molecular complexity index is 606. The lowest BCUT2D eigenvalue weighted by Gasteiger charge is -2.19. The van der Waals surface area contributed by atoms with E-state index in [0.29, 0.717) is 12.4 Å². The number of aryl methyl sites for hydroxylation is 2. The van der Waals surface area contributed by atoms with Gasteiger partial charge < -0.3 is 15.5 Å². The molecule has 0 amide bonds. The van der Waals surface area contributed by atoms with E-state index in [1.54, 1.807) is 25.3 Å². The monoisotopic (exact) mass is 317 g/mol. The molecular formula is C12H23N5O3S. The van der Waals surface area contributed by atoms with Gasteiger partial charge in [0.25, 0.3) is 10.0 Å². The van der Waals surface area contributed by atoms with Gasteiger partial charge in [-0.2, -0.15) is 4.72 Å². The Hall–Kier alpha value is -1.61. The molecule has 4 N–H and O–H groups in total. The van der Waals surface area contributed by atoms with Crippen LogP contribution in [0.5, 0.6) is 0 Å². The van der Waals surface area contributed by atoms with E-state index in [4.69, 9.17) is 10.9 Å². The van der Waals surface area contributed by atoms with Crippen molar-refractivity contribution >= 4 is 15.9 Å². The Kier molecular flexibility index (Phi) is 5.73. The normalized spacial score (nSPS) is 14.6. The molecule has 0 aliphatic heterocycles. The summed E-state index contributed by atoms with van der Waals surface area (Å²) >= 11 is 0. The van der Waals surface area contributed by atoms with Crippen molar-refractivity contribution in [3.8, 4) is 0 Å². The minimum Gasteiger partial charge on any atom is -0.409 e. The molecule has 1 unspecified atom stereocenters. The van der Waals surface area contributed by atoms with E-state index in [1.165, 1.54) is 6.20 Å². The van der Waals surface area contributed by atoms with Crippen LogP contribution in [-0.4, -0.2) is 35.1 Å². The first-order valence-electron chi connectivity index (χ1n) is 6.76. The zero-order valence-corrected chi connectivity index (χ0v) is 13.6. The number of nitrogens with zero attached hydrogens (tertiary/aromatic N) is 3. The number of amidine groups is 1. The van der Waals surface area contributed by atoms with Crippen molar-refractivity contribution in [3.63, 3.8) is 0 Å². The SMILES string of the molecule is CCCn1cc(S(=O)(=O)NC(C(N)=NO)C(C)C)nc1C. The summed E-state index contributed by atoms with van der Waals surface area (Å²) in [7, 11) is -3.83. The maximum absolute atomic E-state index is 12.4. The Balaban J connectivity index is 3.08. The summed E-state index contributed by atoms with van der Waals surface area (Å²) in [5.74, 6) is 0.273. The van der Waals surface area contributed by atoms with E-state index in [1.807, 2.05) is 6.92 Å². The Morgan fingerprint density at radius 1 is 1.57 bits per heavy atom. The highest BCUT2D eigenvalue weighted by Gasteiger charge is 2.27. The predicted molar refractivity (Wildman–Crippen MR) is 79.6 cm³/mol. The van der Waals surface area contributed by atoms with E-state index < -0.39 is 16.1 Å². The van der Waals surface area contributed by atoms with E-state index in [9.17, 15) is 8.42 Å². The van der Waals surface area contributed by atoms with Gasteiger partial charge in [-0.25, -0.2) is 13.4 Å². The van der Waals surface area contributed by atoms with Crippen molar-refractivity contribution in [2.45, 2.75) is 51.7 Å². The number of rotatable bonds is 7. The lowest BCUT2D eigenvalue weighted by Crippen LogP contribution is -2.47. The van der Waals surface area contributed by atoms with Crippen LogP contribution in [0.4, 0.5) is 0 Å². The van der Waals surface area contributed by atoms with Crippen LogP contribution in [0.15, 0.2) is 16.4 Å². The quantitative estimate of drug-likeness (QED) is 0.295. The molecule has 0 fully saturated rings. The second kappa shape index (κ2) is 6.90. The summed E-state index contributed by atoms with van der Waals surface area (Å²) in [6.45, 7) is 7.98. The molecule has 0 saturated heterocycles. The standard InChI is InChI=1S/C12H23N5O3S/c1-5-6-17-7-10(14-9(17)4)21(19,20)16-11(8(2)3)12(13)15-18/h7-8,11,16,18H,5-6H2,1-4H3,(H2,13,15). The third-order valence-corrected chi connectivity index (χ3v) is 4.39. The maximum atomic E-state index is 12.4. The average Bonchev–Trinajstić information content (AvgIpc) is 2.78. The number of aromatic nitrogens is 2. The average molecular weight is 317 g/mol. The van der Waals surface area contributed by atoms with Gasteiger partial charge >= 0.3 is 0 Å². The number of hydrogen-bond donors (Lipinski definition) is 3. The van der Waals surface area contributed by atoms with Gasteiger partial charge in [0.05, 0.1) is 6.04 Å². The minimum absolute atomic E-state index is 0.0650. The molecule has 1 atom stereocenters. The fourth-order valence-corrected chi connectivity index (χ4v) is 3.27. The van der Waals surface area contributed by atoms with Gasteiger partial charge in [-0.1, -0.05) is 25.9 Å². The molecule has 0 aromatic carbocycles. The first kappa shape index (κ1) is 17.4. The number of nitrogens with two attached hydrogens (primary N) is 1. The minimum atomic E-state index is -3.83. The summed E-state index contributed by atoms with van der Waals surface area (Å²) in [5, 5.41) is 11.6. The Morgan fingerprint density at radius 2 is 2.19 bits per heavy atom. The number of oxime groups is 1. The van der Waals surface area contributed by atoms with E-state index in [-0.39, 0.29) is 16.8 Å². The predicted octanol–water partition coefficient (Wildman–Crippen LogP) is 0.651. The molecule has 120 valence electrons. The molecule has 9 heteroatoms. The fourth-order valence-electron chi connectivity index (χ4n) is 1.90. The van der Waals surface area contributed by atoms with Gasteiger partial charge in [0, 0.05) is 12.7 Å². The van der Waals surface area contributed by atoms with Crippen LogP contribution in [0.25, 0.3) is 0 Å². The number of sulfonamides is 1. The second-order valence-electron chi connectivity index (χ2n) is 5.19. The summed E-state index contributed by atoms with van der Waals surface area (Å²) in [6.07, 6.45) is 2.37. The first-order valence-corrected chi connectivity index (χ1v) is 8.24. The topological polar surface area (TPSA) is 123 Å². The summed E-state index contributed by atoms with van der Waals surface area (Å²) in [4.78, 5) is 4.07. The van der Waals surface area contributed by atoms with Crippen LogP contribution in [0.3, 0.4) is 0 Å². The molecular weight excluding hydrogens is 294 g/mol. The van der Waals surface area contributed by atoms with E-state index in [0.717, 1.165) is 6.42 Å². The molecule has 0 aliphatic carbocycles. The lowest BCUT2D eigenvalue weighted by molar-refractivity contribution is 0.313. The van der Waals surface area contributed by atoms with Crippen LogP contribution in [-0.2, 0) is 16.6 Å². The highest BCUT2D eigenvalue weighted by atomic mass is 32.2. The van der Waals surface area contributed by atoms with Gasteiger partial charge in [0.2, 0.25) is 0 Å². The van der Waals surface area contributed by atoms with Crippen molar-refractivity contribution in [3.05, 3.63) is 12.0 Å². The van der Waals surface area contributed by atoms with Crippen LogP contribution in [0.2, 0.25) is 0 Å². The molecule has 0 radical (unpaired) electrons. The smallest absolute Gasteiger partial charge is 0.260 e. The van der Waals surface area contributed by atoms with Gasteiger partial charge in [-0.15, -0.1) is 0 Å². The Morgan fingerprint density at radius 3 is 2.67 bits per heavy atom. The first-order chi connectivity index (χ1) is 9.72. The van der Waals surface area contributed by atoms with Gasteiger partial charge in [0.15, 0.2) is 10.9 Å². The summed E-state index contributed by atoms with van der Waals surface area (Å²) in [6, 6.07) is -0.795. The molecule has 8 nitrogen and oxygen atoms in total. The molecule has 1 heterocycles. The molecule has 0 bridgehead atoms. The molecule has 0 spiro atoms. The van der Waals surface area contributed by atoms with Gasteiger partial charge in [0.1, 0.15) is 5.82 Å². The van der Waals surface area contributed by atoms with Gasteiger partial charge in [-0.05, 0) is 19.3 Å². The highest BCUT2D eigenvalue weighted by Crippen LogP contribution is 2.12. The van der Waals surface area contributed by atoms with Gasteiger partial charge in [-0.3, -0.25) is 0 Å². The zero-order chi connectivity index (χ0) is 16.2. The summed E-state index contributed by atoms with van der Waals surface area (Å²) in [5.41, 5.74) is 5.53. The van der Waals surface area contributed by atoms with Crippen molar-refractivity contribution in [2.24, 2.45) is 16.8 Å². The van der Waals surface area contributed by atoms with Crippen LogP contribution >= 0.6 is 0 Å². The lowest BCUT2D eigenvalue weighted by atomic mass is 10.1. The van der Waals surface area contributed by atoms with Crippen molar-refractivity contribution in [1.82, 2.24) is 14.3 Å². The molecule has 1 rings (SSSR count). The second-order valence-corrected chi connectivity index (χ2v) is 6.85. The largest absolute Gasteiger partial charge is 0.409 e. The molecule has 0 aliphatic rings. The maximum Gasteiger partial charge on any atom is 0.260 e. The van der Waals surface area contributed by atoms with Crippen molar-refractivity contribution < 1.29 is 13.6 Å². The Labute approximate surface area is 125 Å². The van der Waals surface area contributed by atoms with Crippen LogP contribution in [0.1, 0.15) is 33.0 Å². The molecule has 1 aromatic heterocycles. The van der Waals surface area contributed by atoms with Crippen molar-refractivity contribution in [1.29, 1.82) is 0 Å². The molecule has 0 saturated carbocycles. The third-order valence-electron chi connectivity index (χ3n) is 3.08. The summed E-state index contributed by atoms with van der Waals surface area (Å²) < 4.78 is 28.9. The zero-order valence-electron chi connectivity index (χ0n) is 12.7. The van der Waals surface area contributed by atoms with Crippen molar-refractivity contribution in [2.75, 3.05) is 0 Å². The van der Waals surface area contributed by atoms with E-state index >= 15 is 0 Å². The third kappa shape index (κ3) is 4.18. The molecule has 21 heavy (non-hydrogen) atoms. The fraction of sp³-hybridized carbons (Fsp3) is 0.667. The highest BCUT2D eigenvalue weighted by molar-refractivity contribution is 7.89. The molecule has 1 aromatic rings. The number of hydrogen-bond acceptors (Lipinski definition) is 5. The van der Waals surface area contributed by atoms with Crippen LogP contribution < -0.4 is 10.5 Å². The van der Waals surface area contributed by atoms with Crippen LogP contribution in [0, 0.1) is 12.8 Å².